The maximum atomic E-state index is 15.4. The highest BCUT2D eigenvalue weighted by Gasteiger charge is 2.36. The minimum Gasteiger partial charge on any atom is -0.490 e. The van der Waals surface area contributed by atoms with Gasteiger partial charge in [-0.2, -0.15) is 0 Å². The molecule has 0 bridgehead atoms. The molecule has 1 aliphatic carbocycles. The SMILES string of the molecule is C[C@@H]1C[C@H](N)C[C@H](c2ccncc2CC(=O)c2ccc(F)c(-c3c(F)cc4c(c3F)OCC[C@@]4(C)O)n2)C1. The summed E-state index contributed by atoms with van der Waals surface area (Å²) < 4.78 is 50.8. The van der Waals surface area contributed by atoms with Gasteiger partial charge in [0.2, 0.25) is 0 Å². The molecule has 1 saturated carbocycles. The number of nitrogens with two attached hydrogens (primary N) is 1. The first kappa shape index (κ1) is 26.3. The first-order chi connectivity index (χ1) is 18.0. The van der Waals surface area contributed by atoms with Crippen LogP contribution in [0.2, 0.25) is 0 Å². The van der Waals surface area contributed by atoms with Crippen molar-refractivity contribution in [2.45, 2.75) is 63.5 Å². The smallest absolute Gasteiger partial charge is 0.185 e. The Hall–Kier alpha value is -3.30. The summed E-state index contributed by atoms with van der Waals surface area (Å²) >= 11 is 0. The van der Waals surface area contributed by atoms with Gasteiger partial charge in [0.05, 0.1) is 17.8 Å². The minimum atomic E-state index is -1.50. The Bertz CT molecular complexity index is 1380. The van der Waals surface area contributed by atoms with Gasteiger partial charge in [-0.3, -0.25) is 9.78 Å². The van der Waals surface area contributed by atoms with Crippen molar-refractivity contribution in [1.82, 2.24) is 9.97 Å². The van der Waals surface area contributed by atoms with E-state index in [1.807, 2.05) is 6.07 Å². The van der Waals surface area contributed by atoms with Gasteiger partial charge in [0, 0.05) is 36.8 Å². The van der Waals surface area contributed by atoms with Crippen molar-refractivity contribution >= 4 is 5.78 Å². The van der Waals surface area contributed by atoms with Gasteiger partial charge in [0.15, 0.2) is 17.3 Å². The summed E-state index contributed by atoms with van der Waals surface area (Å²) in [6, 6.07) is 5.08. The van der Waals surface area contributed by atoms with Crippen molar-refractivity contribution < 1.29 is 27.8 Å². The molecule has 0 unspecified atom stereocenters. The van der Waals surface area contributed by atoms with Crippen LogP contribution >= 0.6 is 0 Å². The molecule has 3 aromatic rings. The van der Waals surface area contributed by atoms with E-state index in [2.05, 4.69) is 16.9 Å². The fraction of sp³-hybridized carbons (Fsp3) is 0.414. The molecular weight excluding hydrogens is 495 g/mol. The number of carbonyl (C=O) groups excluding carboxylic acids is 1. The van der Waals surface area contributed by atoms with E-state index in [0.29, 0.717) is 5.92 Å². The predicted molar refractivity (Wildman–Crippen MR) is 135 cm³/mol. The fourth-order valence-electron chi connectivity index (χ4n) is 5.78. The molecule has 5 rings (SSSR count). The molecule has 1 fully saturated rings. The lowest BCUT2D eigenvalue weighted by Gasteiger charge is -2.32. The monoisotopic (exact) mass is 525 g/mol. The number of carbonyl (C=O) groups is 1. The number of ether oxygens (including phenoxy) is 1. The average Bonchev–Trinajstić information content (AvgIpc) is 2.85. The molecule has 0 amide bonds. The average molecular weight is 526 g/mol. The van der Waals surface area contributed by atoms with E-state index in [0.717, 1.165) is 42.5 Å². The molecular formula is C29H30F3N3O3. The van der Waals surface area contributed by atoms with Gasteiger partial charge in [0.25, 0.3) is 0 Å². The summed E-state index contributed by atoms with van der Waals surface area (Å²) in [7, 11) is 0. The molecule has 0 saturated heterocycles. The molecule has 2 aromatic heterocycles. The second kappa shape index (κ2) is 10.1. The molecule has 0 radical (unpaired) electrons. The van der Waals surface area contributed by atoms with Crippen LogP contribution in [0.4, 0.5) is 13.2 Å². The van der Waals surface area contributed by atoms with Crippen LogP contribution in [0.15, 0.2) is 36.7 Å². The minimum absolute atomic E-state index is 0.00848. The van der Waals surface area contributed by atoms with E-state index < -0.39 is 40.1 Å². The number of pyridine rings is 2. The number of fused-ring (bicyclic) bond motifs is 1. The summed E-state index contributed by atoms with van der Waals surface area (Å²) in [6.07, 6.45) is 6.12. The third-order valence-corrected chi connectivity index (χ3v) is 7.67. The Balaban J connectivity index is 1.48. The molecule has 38 heavy (non-hydrogen) atoms. The van der Waals surface area contributed by atoms with E-state index in [1.165, 1.54) is 13.0 Å². The van der Waals surface area contributed by atoms with Crippen LogP contribution in [0.25, 0.3) is 11.3 Å². The number of halogens is 3. The zero-order valence-corrected chi connectivity index (χ0v) is 21.3. The van der Waals surface area contributed by atoms with E-state index in [9.17, 15) is 14.3 Å². The van der Waals surface area contributed by atoms with Gasteiger partial charge in [-0.15, -0.1) is 0 Å². The van der Waals surface area contributed by atoms with Crippen LogP contribution in [-0.4, -0.2) is 33.5 Å². The van der Waals surface area contributed by atoms with Gasteiger partial charge < -0.3 is 15.6 Å². The van der Waals surface area contributed by atoms with E-state index in [-0.39, 0.29) is 48.4 Å². The molecule has 4 atom stereocenters. The van der Waals surface area contributed by atoms with Gasteiger partial charge in [-0.05, 0) is 73.4 Å². The van der Waals surface area contributed by atoms with Gasteiger partial charge in [0.1, 0.15) is 23.0 Å². The molecule has 3 N–H and O–H groups in total. The number of ketones is 1. The number of Topliss-reactive ketones (excluding diaryl/α,β-unsaturated/α-hetero) is 1. The number of aromatic nitrogens is 2. The Labute approximate surface area is 219 Å². The van der Waals surface area contributed by atoms with Gasteiger partial charge >= 0.3 is 0 Å². The molecule has 0 spiro atoms. The molecule has 9 heteroatoms. The standard InChI is InChI=1S/C29H30F3N3O3/c1-15-9-16(11-18(33)10-15)19-5-7-34-14-17(19)12-24(36)23-4-3-21(30)27(35-23)25-22(31)13-20-28(26(25)32)38-8-6-29(20,2)37/h3-5,7,13-16,18,37H,6,8-12,33H2,1-2H3/t15-,16+,18-,29+/m0/s1. The highest BCUT2D eigenvalue weighted by molar-refractivity contribution is 5.96. The molecule has 6 nitrogen and oxygen atoms in total. The van der Waals surface area contributed by atoms with Crippen LogP contribution in [0.5, 0.6) is 5.75 Å². The zero-order chi connectivity index (χ0) is 27.2. The topological polar surface area (TPSA) is 98.3 Å². The van der Waals surface area contributed by atoms with Crippen LogP contribution in [0.3, 0.4) is 0 Å². The molecule has 1 aliphatic heterocycles. The lowest BCUT2D eigenvalue weighted by Crippen LogP contribution is -2.31. The first-order valence-electron chi connectivity index (χ1n) is 12.8. The number of aliphatic hydroxyl groups is 1. The molecule has 200 valence electrons. The lowest BCUT2D eigenvalue weighted by atomic mass is 9.75. The largest absolute Gasteiger partial charge is 0.490 e. The highest BCUT2D eigenvalue weighted by Crippen LogP contribution is 2.43. The highest BCUT2D eigenvalue weighted by atomic mass is 19.1. The number of hydrogen-bond acceptors (Lipinski definition) is 6. The van der Waals surface area contributed by atoms with E-state index in [4.69, 9.17) is 10.5 Å². The van der Waals surface area contributed by atoms with Crippen LogP contribution < -0.4 is 10.5 Å². The summed E-state index contributed by atoms with van der Waals surface area (Å²) in [4.78, 5) is 21.5. The first-order valence-corrected chi connectivity index (χ1v) is 12.8. The van der Waals surface area contributed by atoms with Crippen molar-refractivity contribution in [1.29, 1.82) is 0 Å². The third-order valence-electron chi connectivity index (χ3n) is 7.67. The fourth-order valence-corrected chi connectivity index (χ4v) is 5.78. The van der Waals surface area contributed by atoms with Gasteiger partial charge in [-0.25, -0.2) is 18.2 Å². The Morgan fingerprint density at radius 1 is 1.18 bits per heavy atom. The van der Waals surface area contributed by atoms with Crippen molar-refractivity contribution in [3.05, 3.63) is 76.5 Å². The number of rotatable bonds is 5. The van der Waals surface area contributed by atoms with Crippen LogP contribution in [0, 0.1) is 23.4 Å². The van der Waals surface area contributed by atoms with E-state index >= 15 is 8.78 Å². The zero-order valence-electron chi connectivity index (χ0n) is 21.3. The maximum Gasteiger partial charge on any atom is 0.185 e. The second-order valence-electron chi connectivity index (χ2n) is 10.8. The molecule has 2 aliphatic rings. The van der Waals surface area contributed by atoms with Crippen molar-refractivity contribution in [2.24, 2.45) is 11.7 Å². The number of nitrogens with zero attached hydrogens (tertiary/aromatic N) is 2. The third kappa shape index (κ3) is 4.92. The molecule has 1 aromatic carbocycles. The predicted octanol–water partition coefficient (Wildman–Crippen LogP) is 5.21. The number of benzene rings is 1. The van der Waals surface area contributed by atoms with Crippen molar-refractivity contribution in [2.75, 3.05) is 6.61 Å². The lowest BCUT2D eigenvalue weighted by molar-refractivity contribution is 0.0126. The second-order valence-corrected chi connectivity index (χ2v) is 10.8. The summed E-state index contributed by atoms with van der Waals surface area (Å²) in [5.74, 6) is -3.42. The summed E-state index contributed by atoms with van der Waals surface area (Å²) in [5.41, 5.74) is 4.89. The Morgan fingerprint density at radius 2 is 1.97 bits per heavy atom. The quantitative estimate of drug-likeness (QED) is 0.444. The maximum absolute atomic E-state index is 15.4. The summed E-state index contributed by atoms with van der Waals surface area (Å²) in [6.45, 7) is 3.60. The Morgan fingerprint density at radius 3 is 2.74 bits per heavy atom. The number of hydrogen-bond donors (Lipinski definition) is 2. The normalized spacial score (nSPS) is 25.0. The Kier molecular flexibility index (Phi) is 7.00. The van der Waals surface area contributed by atoms with Gasteiger partial charge in [-0.1, -0.05) is 6.92 Å². The van der Waals surface area contributed by atoms with Crippen molar-refractivity contribution in [3.63, 3.8) is 0 Å². The van der Waals surface area contributed by atoms with Crippen LogP contribution in [0.1, 0.15) is 72.6 Å². The van der Waals surface area contributed by atoms with Crippen molar-refractivity contribution in [3.8, 4) is 17.0 Å². The molecule has 3 heterocycles. The summed E-state index contributed by atoms with van der Waals surface area (Å²) in [5, 5.41) is 10.5. The van der Waals surface area contributed by atoms with E-state index in [1.54, 1.807) is 12.4 Å². The van der Waals surface area contributed by atoms with Crippen LogP contribution in [-0.2, 0) is 12.0 Å².